The Hall–Kier alpha value is -3.63. The topological polar surface area (TPSA) is 99.9 Å². The monoisotopic (exact) mass is 456 g/mol. The summed E-state index contributed by atoms with van der Waals surface area (Å²) in [6, 6.07) is 8.61. The van der Waals surface area contributed by atoms with Crippen molar-refractivity contribution in [2.75, 3.05) is 42.9 Å². The number of fused-ring (bicyclic) bond motifs is 2. The van der Waals surface area contributed by atoms with Gasteiger partial charge < -0.3 is 15.5 Å². The Morgan fingerprint density at radius 1 is 0.971 bits per heavy atom. The van der Waals surface area contributed by atoms with E-state index in [0.29, 0.717) is 0 Å². The van der Waals surface area contributed by atoms with Gasteiger partial charge in [0.2, 0.25) is 0 Å². The van der Waals surface area contributed by atoms with Crippen LogP contribution < -0.4 is 15.5 Å². The van der Waals surface area contributed by atoms with Crippen LogP contribution in [-0.4, -0.2) is 67.3 Å². The van der Waals surface area contributed by atoms with E-state index in [1.807, 2.05) is 10.9 Å². The number of piperazine rings is 1. The maximum atomic E-state index is 4.64. The maximum absolute atomic E-state index is 4.64. The molecular formula is C24H28N10. The lowest BCUT2D eigenvalue weighted by Gasteiger charge is -2.28. The van der Waals surface area contributed by atoms with Gasteiger partial charge >= 0.3 is 0 Å². The second-order valence-electron chi connectivity index (χ2n) is 8.90. The van der Waals surface area contributed by atoms with E-state index >= 15 is 0 Å². The molecule has 1 aromatic carbocycles. The molecule has 0 spiro atoms. The van der Waals surface area contributed by atoms with Gasteiger partial charge in [-0.1, -0.05) is 6.07 Å². The highest BCUT2D eigenvalue weighted by Gasteiger charge is 2.18. The molecule has 6 rings (SSSR count). The highest BCUT2D eigenvalue weighted by atomic mass is 15.4. The molecule has 0 atom stereocenters. The number of rotatable bonds is 5. The number of anilines is 3. The third kappa shape index (κ3) is 4.17. The van der Waals surface area contributed by atoms with Crippen LogP contribution in [0.25, 0.3) is 10.9 Å². The van der Waals surface area contributed by atoms with Crippen molar-refractivity contribution in [2.24, 2.45) is 0 Å². The van der Waals surface area contributed by atoms with Gasteiger partial charge in [0, 0.05) is 50.3 Å². The van der Waals surface area contributed by atoms with Crippen molar-refractivity contribution in [3.8, 4) is 0 Å². The number of pyridine rings is 1. The Labute approximate surface area is 198 Å². The van der Waals surface area contributed by atoms with Gasteiger partial charge in [0.15, 0.2) is 0 Å². The van der Waals surface area contributed by atoms with Crippen molar-refractivity contribution < 1.29 is 0 Å². The number of nitrogens with one attached hydrogen (secondary N) is 2. The van der Waals surface area contributed by atoms with Crippen LogP contribution in [0.3, 0.4) is 0 Å². The second-order valence-corrected chi connectivity index (χ2v) is 8.90. The van der Waals surface area contributed by atoms with Gasteiger partial charge in [-0.2, -0.15) is 5.10 Å². The quantitative estimate of drug-likeness (QED) is 0.468. The summed E-state index contributed by atoms with van der Waals surface area (Å²) in [7, 11) is 0. The number of aryl methyl sites for hydroxylation is 1. The molecule has 4 aromatic rings. The van der Waals surface area contributed by atoms with Crippen LogP contribution >= 0.6 is 0 Å². The minimum absolute atomic E-state index is 0.798. The van der Waals surface area contributed by atoms with Gasteiger partial charge in [-0.15, -0.1) is 0 Å². The van der Waals surface area contributed by atoms with E-state index in [9.17, 15) is 0 Å². The van der Waals surface area contributed by atoms with E-state index in [4.69, 9.17) is 0 Å². The van der Waals surface area contributed by atoms with Gasteiger partial charge in [0.05, 0.1) is 24.8 Å². The van der Waals surface area contributed by atoms with Crippen molar-refractivity contribution in [2.45, 2.75) is 26.6 Å². The van der Waals surface area contributed by atoms with Crippen molar-refractivity contribution >= 4 is 28.2 Å². The molecule has 0 bridgehead atoms. The Balaban J connectivity index is 1.21. The summed E-state index contributed by atoms with van der Waals surface area (Å²) in [6.45, 7) is 9.60. The smallest absolute Gasteiger partial charge is 0.141 e. The molecular weight excluding hydrogens is 428 g/mol. The van der Waals surface area contributed by atoms with Crippen molar-refractivity contribution in [1.29, 1.82) is 0 Å². The molecule has 0 aliphatic carbocycles. The maximum Gasteiger partial charge on any atom is 0.141 e. The predicted octanol–water partition coefficient (Wildman–Crippen LogP) is 2.09. The number of hydrogen-bond donors (Lipinski definition) is 2. The predicted molar refractivity (Wildman–Crippen MR) is 131 cm³/mol. The molecule has 3 aromatic heterocycles. The summed E-state index contributed by atoms with van der Waals surface area (Å²) in [5.41, 5.74) is 4.41. The summed E-state index contributed by atoms with van der Waals surface area (Å²) >= 11 is 0. The van der Waals surface area contributed by atoms with E-state index in [-0.39, 0.29) is 0 Å². The lowest BCUT2D eigenvalue weighted by atomic mass is 10.1. The Morgan fingerprint density at radius 3 is 2.76 bits per heavy atom. The standard InChI is InChI=1S/C24H28N10/c1-17-10-19(3-2-18(17)13-32-8-9-34-23(14-32)28-16-30-34)31-24-20-11-22(33-6-4-25-5-7-33)26-12-21(20)27-15-29-24/h2-3,10-12,15-16,25H,4-9,13-14H2,1H3,(H,27,29,31). The van der Waals surface area contributed by atoms with Crippen LogP contribution in [-0.2, 0) is 19.6 Å². The number of aromatic nitrogens is 6. The Bertz CT molecular complexity index is 1310. The van der Waals surface area contributed by atoms with Gasteiger partial charge in [0.25, 0.3) is 0 Å². The van der Waals surface area contributed by atoms with Crippen LogP contribution in [0, 0.1) is 6.92 Å². The first kappa shape index (κ1) is 20.9. The lowest BCUT2D eigenvalue weighted by Crippen LogP contribution is -2.43. The average Bonchev–Trinajstić information content (AvgIpc) is 3.34. The molecule has 2 N–H and O–H groups in total. The fraction of sp³-hybridized carbons (Fsp3) is 0.375. The zero-order valence-electron chi connectivity index (χ0n) is 19.3. The molecule has 174 valence electrons. The van der Waals surface area contributed by atoms with Crippen molar-refractivity contribution in [3.63, 3.8) is 0 Å². The normalized spacial score (nSPS) is 16.6. The molecule has 0 radical (unpaired) electrons. The van der Waals surface area contributed by atoms with Crippen molar-refractivity contribution in [1.82, 2.24) is 39.9 Å². The minimum atomic E-state index is 0.798. The number of benzene rings is 1. The molecule has 5 heterocycles. The van der Waals surface area contributed by atoms with E-state index in [1.54, 1.807) is 12.7 Å². The molecule has 0 amide bonds. The van der Waals surface area contributed by atoms with Crippen LogP contribution in [0.2, 0.25) is 0 Å². The minimum Gasteiger partial charge on any atom is -0.354 e. The second kappa shape index (κ2) is 8.96. The third-order valence-electron chi connectivity index (χ3n) is 6.64. The van der Waals surface area contributed by atoms with Gasteiger partial charge in [0.1, 0.15) is 30.1 Å². The fourth-order valence-corrected chi connectivity index (χ4v) is 4.69. The molecule has 1 fully saturated rings. The highest BCUT2D eigenvalue weighted by molar-refractivity contribution is 5.91. The zero-order chi connectivity index (χ0) is 22.9. The first-order valence-electron chi connectivity index (χ1n) is 11.7. The zero-order valence-corrected chi connectivity index (χ0v) is 19.3. The van der Waals surface area contributed by atoms with E-state index in [0.717, 1.165) is 86.4 Å². The van der Waals surface area contributed by atoms with Crippen LogP contribution in [0.5, 0.6) is 0 Å². The average molecular weight is 457 g/mol. The number of hydrogen-bond acceptors (Lipinski definition) is 9. The SMILES string of the molecule is Cc1cc(Nc2ncnc3cnc(N4CCNCC4)cc23)ccc1CN1CCn2ncnc2C1. The molecule has 1 saturated heterocycles. The number of nitrogens with zero attached hydrogens (tertiary/aromatic N) is 8. The summed E-state index contributed by atoms with van der Waals surface area (Å²) in [6.07, 6.45) is 5.07. The van der Waals surface area contributed by atoms with Crippen LogP contribution in [0.4, 0.5) is 17.3 Å². The molecule has 10 heteroatoms. The van der Waals surface area contributed by atoms with Crippen LogP contribution in [0.15, 0.2) is 43.1 Å². The van der Waals surface area contributed by atoms with Crippen molar-refractivity contribution in [3.05, 3.63) is 60.1 Å². The van der Waals surface area contributed by atoms with Gasteiger partial charge in [-0.05, 0) is 36.2 Å². The lowest BCUT2D eigenvalue weighted by molar-refractivity contribution is 0.201. The Morgan fingerprint density at radius 2 is 1.88 bits per heavy atom. The van der Waals surface area contributed by atoms with Gasteiger partial charge in [-0.3, -0.25) is 4.90 Å². The largest absolute Gasteiger partial charge is 0.354 e. The first-order valence-corrected chi connectivity index (χ1v) is 11.7. The molecule has 0 unspecified atom stereocenters. The summed E-state index contributed by atoms with van der Waals surface area (Å²) < 4.78 is 1.99. The molecule has 10 nitrogen and oxygen atoms in total. The fourth-order valence-electron chi connectivity index (χ4n) is 4.69. The summed E-state index contributed by atoms with van der Waals surface area (Å²) in [4.78, 5) is 22.7. The van der Waals surface area contributed by atoms with E-state index in [2.05, 4.69) is 76.7 Å². The van der Waals surface area contributed by atoms with E-state index < -0.39 is 0 Å². The summed E-state index contributed by atoms with van der Waals surface area (Å²) in [5, 5.41) is 12.1. The van der Waals surface area contributed by atoms with E-state index in [1.165, 1.54) is 11.1 Å². The summed E-state index contributed by atoms with van der Waals surface area (Å²) in [5.74, 6) is 2.80. The highest BCUT2D eigenvalue weighted by Crippen LogP contribution is 2.27. The Kier molecular flexibility index (Phi) is 5.52. The molecule has 2 aliphatic heterocycles. The van der Waals surface area contributed by atoms with Gasteiger partial charge in [-0.25, -0.2) is 24.6 Å². The molecule has 0 saturated carbocycles. The molecule has 2 aliphatic rings. The van der Waals surface area contributed by atoms with Crippen LogP contribution in [0.1, 0.15) is 17.0 Å². The first-order chi connectivity index (χ1) is 16.7. The third-order valence-corrected chi connectivity index (χ3v) is 6.64. The molecule has 34 heavy (non-hydrogen) atoms.